The van der Waals surface area contributed by atoms with Crippen molar-refractivity contribution in [1.82, 2.24) is 14.5 Å². The van der Waals surface area contributed by atoms with Crippen molar-refractivity contribution in [3.63, 3.8) is 0 Å². The molecule has 2 aromatic rings. The van der Waals surface area contributed by atoms with Gasteiger partial charge in [-0.3, -0.25) is 4.90 Å². The van der Waals surface area contributed by atoms with Crippen molar-refractivity contribution in [2.24, 2.45) is 5.92 Å². The lowest BCUT2D eigenvalue weighted by Gasteiger charge is -2.39. The van der Waals surface area contributed by atoms with Crippen molar-refractivity contribution in [1.29, 1.82) is 0 Å². The molecule has 1 aromatic carbocycles. The van der Waals surface area contributed by atoms with Crippen molar-refractivity contribution in [3.8, 4) is 0 Å². The molecule has 116 valence electrons. The molecule has 1 saturated heterocycles. The summed E-state index contributed by atoms with van der Waals surface area (Å²) in [6.07, 6.45) is 6.41. The number of nitrogens with zero attached hydrogens (tertiary/aromatic N) is 3. The van der Waals surface area contributed by atoms with Gasteiger partial charge in [0.2, 0.25) is 0 Å². The molecular weight excluding hydrogens is 274 g/mol. The Morgan fingerprint density at radius 1 is 1.14 bits per heavy atom. The molecule has 1 atom stereocenters. The summed E-state index contributed by atoms with van der Waals surface area (Å²) in [6, 6.07) is 11.3. The lowest BCUT2D eigenvalue weighted by molar-refractivity contribution is 0.0351. The molecule has 0 bridgehead atoms. The summed E-state index contributed by atoms with van der Waals surface area (Å²) in [5, 5.41) is 0. The Morgan fingerprint density at radius 2 is 1.95 bits per heavy atom. The summed E-state index contributed by atoms with van der Waals surface area (Å²) in [5.74, 6) is 1.95. The average Bonchev–Trinajstić information content (AvgIpc) is 3.03. The minimum atomic E-state index is 0.450. The van der Waals surface area contributed by atoms with Crippen molar-refractivity contribution >= 4 is 0 Å². The van der Waals surface area contributed by atoms with E-state index in [4.69, 9.17) is 4.74 Å². The fraction of sp³-hybridized carbons (Fsp3) is 0.500. The Balaban J connectivity index is 1.58. The Labute approximate surface area is 131 Å². The van der Waals surface area contributed by atoms with Crippen molar-refractivity contribution in [2.45, 2.75) is 32.0 Å². The molecule has 3 heterocycles. The molecule has 1 unspecified atom stereocenters. The zero-order chi connectivity index (χ0) is 14.8. The lowest BCUT2D eigenvalue weighted by Crippen LogP contribution is -2.40. The highest BCUT2D eigenvalue weighted by molar-refractivity contribution is 5.20. The Hall–Kier alpha value is -1.65. The third-order valence-corrected chi connectivity index (χ3v) is 4.97. The molecule has 0 N–H and O–H groups in total. The highest BCUT2D eigenvalue weighted by Crippen LogP contribution is 2.31. The predicted octanol–water partition coefficient (Wildman–Crippen LogP) is 2.87. The van der Waals surface area contributed by atoms with Crippen LogP contribution in [0.2, 0.25) is 0 Å². The van der Waals surface area contributed by atoms with Crippen LogP contribution in [0.25, 0.3) is 0 Å². The minimum absolute atomic E-state index is 0.450. The van der Waals surface area contributed by atoms with Gasteiger partial charge in [0.25, 0.3) is 0 Å². The number of fused-ring (bicyclic) bond motifs is 1. The van der Waals surface area contributed by atoms with Gasteiger partial charge in [0.05, 0.1) is 12.6 Å². The summed E-state index contributed by atoms with van der Waals surface area (Å²) in [5.41, 5.74) is 1.41. The number of ether oxygens (including phenoxy) is 1. The molecular formula is C18H23N3O. The fourth-order valence-corrected chi connectivity index (χ4v) is 3.70. The largest absolute Gasteiger partial charge is 0.381 e. The lowest BCUT2D eigenvalue weighted by atomic mass is 9.96. The highest BCUT2D eigenvalue weighted by Gasteiger charge is 2.30. The molecule has 2 aliphatic rings. The van der Waals surface area contributed by atoms with Gasteiger partial charge in [-0.1, -0.05) is 30.3 Å². The second kappa shape index (κ2) is 6.23. The van der Waals surface area contributed by atoms with Crippen LogP contribution in [0, 0.1) is 5.92 Å². The van der Waals surface area contributed by atoms with Crippen LogP contribution < -0.4 is 0 Å². The smallest absolute Gasteiger partial charge is 0.122 e. The van der Waals surface area contributed by atoms with Gasteiger partial charge in [-0.25, -0.2) is 4.98 Å². The van der Waals surface area contributed by atoms with Crippen LogP contribution >= 0.6 is 0 Å². The number of hydrogen-bond acceptors (Lipinski definition) is 3. The van der Waals surface area contributed by atoms with Crippen LogP contribution in [0.15, 0.2) is 42.7 Å². The maximum atomic E-state index is 5.51. The number of imidazole rings is 1. The molecule has 0 amide bonds. The fourth-order valence-electron chi connectivity index (χ4n) is 3.70. The predicted molar refractivity (Wildman–Crippen MR) is 85.4 cm³/mol. The van der Waals surface area contributed by atoms with E-state index in [0.29, 0.717) is 6.04 Å². The first-order valence-electron chi connectivity index (χ1n) is 8.27. The third kappa shape index (κ3) is 2.81. The quantitative estimate of drug-likeness (QED) is 0.872. The van der Waals surface area contributed by atoms with Crippen LogP contribution in [0.5, 0.6) is 0 Å². The third-order valence-electron chi connectivity index (χ3n) is 4.97. The van der Waals surface area contributed by atoms with Crippen LogP contribution in [0.4, 0.5) is 0 Å². The second-order valence-electron chi connectivity index (χ2n) is 6.41. The molecule has 0 aliphatic carbocycles. The van der Waals surface area contributed by atoms with Crippen LogP contribution in [0.3, 0.4) is 0 Å². The molecule has 1 fully saturated rings. The van der Waals surface area contributed by atoms with Crippen LogP contribution in [-0.4, -0.2) is 34.2 Å². The maximum Gasteiger partial charge on any atom is 0.122 e. The topological polar surface area (TPSA) is 30.3 Å². The van der Waals surface area contributed by atoms with E-state index in [1.807, 2.05) is 6.20 Å². The zero-order valence-electron chi connectivity index (χ0n) is 12.9. The van der Waals surface area contributed by atoms with E-state index in [1.54, 1.807) is 0 Å². The summed E-state index contributed by atoms with van der Waals surface area (Å²) >= 11 is 0. The molecule has 4 nitrogen and oxygen atoms in total. The van der Waals surface area contributed by atoms with E-state index in [1.165, 1.54) is 24.2 Å². The van der Waals surface area contributed by atoms with E-state index in [9.17, 15) is 0 Å². The highest BCUT2D eigenvalue weighted by atomic mass is 16.5. The number of aromatic nitrogens is 2. The van der Waals surface area contributed by atoms with E-state index in [0.717, 1.165) is 38.8 Å². The van der Waals surface area contributed by atoms with E-state index in [2.05, 4.69) is 51.0 Å². The molecule has 22 heavy (non-hydrogen) atoms. The van der Waals surface area contributed by atoms with Gasteiger partial charge in [-0.2, -0.15) is 0 Å². The molecule has 4 heteroatoms. The summed E-state index contributed by atoms with van der Waals surface area (Å²) in [7, 11) is 0. The van der Waals surface area contributed by atoms with Gasteiger partial charge in [-0.15, -0.1) is 0 Å². The van der Waals surface area contributed by atoms with Gasteiger partial charge < -0.3 is 9.30 Å². The zero-order valence-corrected chi connectivity index (χ0v) is 12.9. The van der Waals surface area contributed by atoms with Gasteiger partial charge in [0.15, 0.2) is 0 Å². The number of hydrogen-bond donors (Lipinski definition) is 0. The van der Waals surface area contributed by atoms with Gasteiger partial charge in [-0.05, 0) is 24.3 Å². The summed E-state index contributed by atoms with van der Waals surface area (Å²) in [4.78, 5) is 7.14. The molecule has 1 aromatic heterocycles. The van der Waals surface area contributed by atoms with E-state index in [-0.39, 0.29) is 0 Å². The average molecular weight is 297 g/mol. The van der Waals surface area contributed by atoms with E-state index >= 15 is 0 Å². The van der Waals surface area contributed by atoms with Gasteiger partial charge >= 0.3 is 0 Å². The number of benzene rings is 1. The first kappa shape index (κ1) is 14.0. The molecule has 4 rings (SSSR count). The Kier molecular flexibility index (Phi) is 3.95. The van der Waals surface area contributed by atoms with Crippen molar-refractivity contribution in [3.05, 3.63) is 54.1 Å². The SMILES string of the molecule is c1ccc(C2Cn3ccnc3CN2CC2CCOCC2)cc1. The number of rotatable bonds is 3. The Bertz CT molecular complexity index is 604. The van der Waals surface area contributed by atoms with Crippen LogP contribution in [0.1, 0.15) is 30.3 Å². The molecule has 2 aliphatic heterocycles. The monoisotopic (exact) mass is 297 g/mol. The van der Waals surface area contributed by atoms with Crippen molar-refractivity contribution < 1.29 is 4.74 Å². The first-order valence-corrected chi connectivity index (χ1v) is 8.27. The minimum Gasteiger partial charge on any atom is -0.381 e. The molecule has 0 spiro atoms. The Morgan fingerprint density at radius 3 is 2.77 bits per heavy atom. The van der Waals surface area contributed by atoms with E-state index < -0.39 is 0 Å². The molecule has 0 saturated carbocycles. The first-order chi connectivity index (χ1) is 10.9. The van der Waals surface area contributed by atoms with Crippen LogP contribution in [-0.2, 0) is 17.8 Å². The summed E-state index contributed by atoms with van der Waals surface area (Å²) < 4.78 is 7.81. The second-order valence-corrected chi connectivity index (χ2v) is 6.41. The molecule has 0 radical (unpaired) electrons. The van der Waals surface area contributed by atoms with Crippen molar-refractivity contribution in [2.75, 3.05) is 19.8 Å². The standard InChI is InChI=1S/C18H23N3O/c1-2-4-16(5-3-1)17-13-20-9-8-19-18(20)14-21(17)12-15-6-10-22-11-7-15/h1-5,8-9,15,17H,6-7,10-14H2. The normalized spacial score (nSPS) is 23.4. The van der Waals surface area contributed by atoms with Gasteiger partial charge in [0, 0.05) is 38.7 Å². The van der Waals surface area contributed by atoms with Gasteiger partial charge in [0.1, 0.15) is 5.82 Å². The summed E-state index contributed by atoms with van der Waals surface area (Å²) in [6.45, 7) is 4.94. The maximum absolute atomic E-state index is 5.51.